The monoisotopic (exact) mass is 416 g/mol. The summed E-state index contributed by atoms with van der Waals surface area (Å²) in [6.45, 7) is 1.83. The van der Waals surface area contributed by atoms with E-state index < -0.39 is 0 Å². The van der Waals surface area contributed by atoms with Crippen LogP contribution in [0.2, 0.25) is 0 Å². The second-order valence-corrected chi connectivity index (χ2v) is 8.27. The molecule has 3 rings (SSSR count). The molecule has 0 bridgehead atoms. The highest BCUT2D eigenvalue weighted by atomic mass is 32.2. The van der Waals surface area contributed by atoms with E-state index in [1.54, 1.807) is 20.3 Å². The number of amides is 1. The molecule has 1 atom stereocenters. The Balaban J connectivity index is 1.56. The van der Waals surface area contributed by atoms with Crippen LogP contribution in [0.5, 0.6) is 11.5 Å². The quantitative estimate of drug-likeness (QED) is 0.526. The van der Waals surface area contributed by atoms with Crippen LogP contribution in [0.1, 0.15) is 6.92 Å². The molecular weight excluding hydrogens is 396 g/mol. The number of carbonyl (C=O) groups excluding carboxylic acids is 1. The number of aromatic nitrogens is 2. The lowest BCUT2D eigenvalue weighted by Crippen LogP contribution is -2.22. The van der Waals surface area contributed by atoms with E-state index in [1.807, 2.05) is 49.4 Å². The molecule has 2 aromatic carbocycles. The standard InChI is InChI=1S/C19H20N4O3S2/c1-12(17(24)20-14-5-4-6-16(11-14)26-3)27-19-23-22-18(28-19)21-13-7-9-15(25-2)10-8-13/h4-12H,1-3H3,(H,20,24)(H,21,22)/t12-/m0/s1. The number of ether oxygens (including phenoxy) is 2. The summed E-state index contributed by atoms with van der Waals surface area (Å²) in [4.78, 5) is 12.4. The normalized spacial score (nSPS) is 11.5. The predicted octanol–water partition coefficient (Wildman–Crippen LogP) is 4.42. The van der Waals surface area contributed by atoms with E-state index in [0.717, 1.165) is 11.4 Å². The number of benzene rings is 2. The number of thioether (sulfide) groups is 1. The zero-order chi connectivity index (χ0) is 19.9. The molecule has 0 spiro atoms. The summed E-state index contributed by atoms with van der Waals surface area (Å²) in [6.07, 6.45) is 0. The van der Waals surface area contributed by atoms with E-state index in [0.29, 0.717) is 20.9 Å². The van der Waals surface area contributed by atoms with Gasteiger partial charge in [0.1, 0.15) is 11.5 Å². The largest absolute Gasteiger partial charge is 0.497 e. The van der Waals surface area contributed by atoms with Crippen molar-refractivity contribution in [3.8, 4) is 11.5 Å². The fourth-order valence-corrected chi connectivity index (χ4v) is 4.17. The first kappa shape index (κ1) is 20.0. The molecule has 0 saturated carbocycles. The third-order valence-electron chi connectivity index (χ3n) is 3.73. The first-order valence-electron chi connectivity index (χ1n) is 8.43. The van der Waals surface area contributed by atoms with Crippen LogP contribution in [0.3, 0.4) is 0 Å². The highest BCUT2D eigenvalue weighted by Gasteiger charge is 2.17. The minimum atomic E-state index is -0.326. The van der Waals surface area contributed by atoms with Gasteiger partial charge in [0.2, 0.25) is 11.0 Å². The first-order chi connectivity index (χ1) is 13.6. The Morgan fingerprint density at radius 1 is 1.04 bits per heavy atom. The van der Waals surface area contributed by atoms with Gasteiger partial charge in [0.15, 0.2) is 4.34 Å². The summed E-state index contributed by atoms with van der Waals surface area (Å²) < 4.78 is 11.0. The molecule has 0 aliphatic heterocycles. The van der Waals surface area contributed by atoms with Crippen molar-refractivity contribution >= 4 is 45.5 Å². The average molecular weight is 417 g/mol. The molecule has 0 unspecified atom stereocenters. The molecule has 1 aromatic heterocycles. The zero-order valence-corrected chi connectivity index (χ0v) is 17.3. The third kappa shape index (κ3) is 5.37. The molecular formula is C19H20N4O3S2. The van der Waals surface area contributed by atoms with E-state index in [-0.39, 0.29) is 11.2 Å². The fraction of sp³-hybridized carbons (Fsp3) is 0.211. The molecule has 7 nitrogen and oxygen atoms in total. The number of nitrogens with one attached hydrogen (secondary N) is 2. The lowest BCUT2D eigenvalue weighted by Gasteiger charge is -2.11. The fourth-order valence-electron chi connectivity index (χ4n) is 2.26. The predicted molar refractivity (Wildman–Crippen MR) is 113 cm³/mol. The maximum atomic E-state index is 12.4. The van der Waals surface area contributed by atoms with E-state index in [2.05, 4.69) is 20.8 Å². The second kappa shape index (κ2) is 9.43. The van der Waals surface area contributed by atoms with Gasteiger partial charge >= 0.3 is 0 Å². The number of anilines is 3. The molecule has 0 aliphatic rings. The number of nitrogens with zero attached hydrogens (tertiary/aromatic N) is 2. The van der Waals surface area contributed by atoms with E-state index in [9.17, 15) is 4.79 Å². The summed E-state index contributed by atoms with van der Waals surface area (Å²) >= 11 is 2.75. The maximum Gasteiger partial charge on any atom is 0.237 e. The highest BCUT2D eigenvalue weighted by molar-refractivity contribution is 8.02. The zero-order valence-electron chi connectivity index (χ0n) is 15.6. The molecule has 2 N–H and O–H groups in total. The van der Waals surface area contributed by atoms with Gasteiger partial charge in [-0.3, -0.25) is 4.79 Å². The molecule has 0 radical (unpaired) electrons. The van der Waals surface area contributed by atoms with Gasteiger partial charge in [0.05, 0.1) is 19.5 Å². The second-order valence-electron chi connectivity index (χ2n) is 5.71. The van der Waals surface area contributed by atoms with Crippen LogP contribution in [-0.4, -0.2) is 35.6 Å². The van der Waals surface area contributed by atoms with Crippen LogP contribution in [-0.2, 0) is 4.79 Å². The Kier molecular flexibility index (Phi) is 6.72. The number of methoxy groups -OCH3 is 2. The van der Waals surface area contributed by atoms with Gasteiger partial charge < -0.3 is 20.1 Å². The number of hydrogen-bond acceptors (Lipinski definition) is 8. The Morgan fingerprint density at radius 2 is 1.79 bits per heavy atom. The van der Waals surface area contributed by atoms with Crippen molar-refractivity contribution < 1.29 is 14.3 Å². The summed E-state index contributed by atoms with van der Waals surface area (Å²) in [5.74, 6) is 1.37. The highest BCUT2D eigenvalue weighted by Crippen LogP contribution is 2.31. The van der Waals surface area contributed by atoms with Crippen molar-refractivity contribution in [3.05, 3.63) is 48.5 Å². The summed E-state index contributed by atoms with van der Waals surface area (Å²) in [6, 6.07) is 14.8. The van der Waals surface area contributed by atoms with E-state index in [4.69, 9.17) is 9.47 Å². The first-order valence-corrected chi connectivity index (χ1v) is 10.1. The van der Waals surface area contributed by atoms with Crippen LogP contribution in [0.4, 0.5) is 16.5 Å². The number of rotatable bonds is 8. The lowest BCUT2D eigenvalue weighted by molar-refractivity contribution is -0.115. The molecule has 1 heterocycles. The van der Waals surface area contributed by atoms with Gasteiger partial charge in [0, 0.05) is 17.4 Å². The van der Waals surface area contributed by atoms with Gasteiger partial charge in [-0.05, 0) is 43.3 Å². The van der Waals surface area contributed by atoms with Crippen molar-refractivity contribution in [2.24, 2.45) is 0 Å². The summed E-state index contributed by atoms with van der Waals surface area (Å²) in [7, 11) is 3.22. The van der Waals surface area contributed by atoms with Crippen LogP contribution in [0.25, 0.3) is 0 Å². The number of carbonyl (C=O) groups is 1. The van der Waals surface area contributed by atoms with Crippen molar-refractivity contribution in [2.45, 2.75) is 16.5 Å². The molecule has 0 aliphatic carbocycles. The summed E-state index contributed by atoms with van der Waals surface area (Å²) in [5, 5.41) is 14.7. The van der Waals surface area contributed by atoms with Crippen molar-refractivity contribution in [1.82, 2.24) is 10.2 Å². The Bertz CT molecular complexity index is 931. The SMILES string of the molecule is COc1ccc(Nc2nnc(S[C@@H](C)C(=O)Nc3cccc(OC)c3)s2)cc1. The molecule has 146 valence electrons. The van der Waals surface area contributed by atoms with Crippen molar-refractivity contribution in [2.75, 3.05) is 24.9 Å². The molecule has 1 amide bonds. The molecule has 0 fully saturated rings. The Labute approximate surface area is 171 Å². The topological polar surface area (TPSA) is 85.4 Å². The smallest absolute Gasteiger partial charge is 0.237 e. The van der Waals surface area contributed by atoms with Crippen LogP contribution >= 0.6 is 23.1 Å². The van der Waals surface area contributed by atoms with Gasteiger partial charge in [-0.1, -0.05) is 29.2 Å². The van der Waals surface area contributed by atoms with Crippen LogP contribution in [0, 0.1) is 0 Å². The lowest BCUT2D eigenvalue weighted by atomic mass is 10.3. The van der Waals surface area contributed by atoms with Crippen molar-refractivity contribution in [1.29, 1.82) is 0 Å². The number of hydrogen-bond donors (Lipinski definition) is 2. The molecule has 0 saturated heterocycles. The maximum absolute atomic E-state index is 12.4. The van der Waals surface area contributed by atoms with Crippen LogP contribution in [0.15, 0.2) is 52.9 Å². The molecule has 9 heteroatoms. The Morgan fingerprint density at radius 3 is 2.50 bits per heavy atom. The van der Waals surface area contributed by atoms with E-state index >= 15 is 0 Å². The molecule has 28 heavy (non-hydrogen) atoms. The van der Waals surface area contributed by atoms with Gasteiger partial charge in [-0.2, -0.15) is 0 Å². The van der Waals surface area contributed by atoms with Gasteiger partial charge in [-0.25, -0.2) is 0 Å². The Hall–Kier alpha value is -2.78. The van der Waals surface area contributed by atoms with Crippen LogP contribution < -0.4 is 20.1 Å². The van der Waals surface area contributed by atoms with Gasteiger partial charge in [-0.15, -0.1) is 10.2 Å². The minimum Gasteiger partial charge on any atom is -0.497 e. The molecule has 3 aromatic rings. The minimum absolute atomic E-state index is 0.113. The van der Waals surface area contributed by atoms with E-state index in [1.165, 1.54) is 23.1 Å². The van der Waals surface area contributed by atoms with Gasteiger partial charge in [0.25, 0.3) is 0 Å². The summed E-state index contributed by atoms with van der Waals surface area (Å²) in [5.41, 5.74) is 1.58. The average Bonchev–Trinajstić information content (AvgIpc) is 3.15. The van der Waals surface area contributed by atoms with Crippen molar-refractivity contribution in [3.63, 3.8) is 0 Å². The third-order valence-corrected chi connectivity index (χ3v) is 5.75.